The van der Waals surface area contributed by atoms with Crippen LogP contribution in [0.5, 0.6) is 0 Å². The lowest BCUT2D eigenvalue weighted by atomic mass is 9.68. The van der Waals surface area contributed by atoms with Gasteiger partial charge in [0, 0.05) is 164 Å². The topological polar surface area (TPSA) is 195 Å². The molecule has 5 aliphatic rings. The number of hydrogen-bond donors (Lipinski definition) is 0. The minimum absolute atomic E-state index is 0.0324. The second-order valence-electron chi connectivity index (χ2n) is 50.0. The van der Waals surface area contributed by atoms with Gasteiger partial charge in [0.05, 0.1) is 26.4 Å². The van der Waals surface area contributed by atoms with Crippen LogP contribution in [0, 0.1) is 5.92 Å². The number of nitrogens with zero attached hydrogens (tertiary/aromatic N) is 22. The Kier molecular flexibility index (Phi) is 48.2. The number of rotatable bonds is 66. The molecule has 0 spiro atoms. The maximum Gasteiger partial charge on any atom is 0.232 e. The quantitative estimate of drug-likeness (QED) is 0.0484. The van der Waals surface area contributed by atoms with Gasteiger partial charge in [0.15, 0.2) is 0 Å². The van der Waals surface area contributed by atoms with E-state index in [2.05, 4.69) is 300 Å². The molecule has 0 amide bonds. The summed E-state index contributed by atoms with van der Waals surface area (Å²) >= 11 is 0. The summed E-state index contributed by atoms with van der Waals surface area (Å²) in [5.74, 6) is 7.87. The first kappa shape index (κ1) is 121. The highest BCUT2D eigenvalue weighted by Crippen LogP contribution is 2.52. The van der Waals surface area contributed by atoms with E-state index in [0.717, 1.165) is 376 Å². The summed E-state index contributed by atoms with van der Waals surface area (Å²) < 4.78 is 0. The molecule has 814 valence electrons. The Balaban J connectivity index is 1.42. The van der Waals surface area contributed by atoms with Crippen LogP contribution >= 0.6 is 0 Å². The molecule has 0 aromatic carbocycles. The van der Waals surface area contributed by atoms with Gasteiger partial charge in [-0.1, -0.05) is 168 Å². The fourth-order valence-corrected chi connectivity index (χ4v) is 25.7. The summed E-state index contributed by atoms with van der Waals surface area (Å²) in [6, 6.07) is 0.252. The van der Waals surface area contributed by atoms with E-state index in [1.807, 2.05) is 0 Å². The molecule has 5 saturated heterocycles. The van der Waals surface area contributed by atoms with Crippen LogP contribution < -0.4 is 39.2 Å². The van der Waals surface area contributed by atoms with E-state index >= 15 is 0 Å². The third-order valence-corrected chi connectivity index (χ3v) is 31.6. The normalized spacial score (nSPS) is 20.4. The van der Waals surface area contributed by atoms with E-state index in [1.165, 1.54) is 12.8 Å². The second-order valence-corrected chi connectivity index (χ2v) is 50.0. The van der Waals surface area contributed by atoms with E-state index in [9.17, 15) is 0 Å². The van der Waals surface area contributed by atoms with Gasteiger partial charge < -0.3 is 39.2 Å². The molecule has 26 nitrogen and oxygen atoms in total. The molecule has 0 saturated carbocycles. The molecule has 1 atom stereocenters. The number of likely N-dealkylation sites (tertiary alicyclic amines) is 1. The predicted molar refractivity (Wildman–Crippen MR) is 597 cm³/mol. The average Bonchev–Trinajstić information content (AvgIpc) is 0.773. The molecular formula is C115H220N22O4. The molecule has 0 aliphatic carbocycles. The second kappa shape index (κ2) is 56.1. The van der Waals surface area contributed by atoms with Crippen LogP contribution in [-0.2, 0) is 19.4 Å². The molecular weight excluding hydrogens is 1750 g/mol. The van der Waals surface area contributed by atoms with Crippen LogP contribution in [0.1, 0.15) is 498 Å². The van der Waals surface area contributed by atoms with Gasteiger partial charge in [-0.25, -0.2) is 0 Å². The summed E-state index contributed by atoms with van der Waals surface area (Å²) in [6.45, 7) is 95.2. The highest BCUT2D eigenvalue weighted by atomic mass is 16.7. The highest BCUT2D eigenvalue weighted by Gasteiger charge is 2.55. The minimum atomic E-state index is -0.358. The lowest BCUT2D eigenvalue weighted by Crippen LogP contribution is -2.64. The smallest absolute Gasteiger partial charge is 0.232 e. The number of hydrogen-bond acceptors (Lipinski definition) is 26. The van der Waals surface area contributed by atoms with Gasteiger partial charge in [0.2, 0.25) is 47.6 Å². The fourth-order valence-electron chi connectivity index (χ4n) is 25.7. The molecule has 0 bridgehead atoms. The maximum atomic E-state index is 7.02. The minimum Gasteiger partial charge on any atom is -0.341 e. The number of anilines is 8. The molecule has 5 aliphatic heterocycles. The average molecular weight is 1980 g/mol. The van der Waals surface area contributed by atoms with Crippen molar-refractivity contribution in [2.24, 2.45) is 5.92 Å². The first-order chi connectivity index (χ1) is 66.8. The molecule has 0 radical (unpaired) electrons. The van der Waals surface area contributed by atoms with Crippen molar-refractivity contribution in [2.75, 3.05) is 151 Å². The summed E-state index contributed by atoms with van der Waals surface area (Å²) in [4.78, 5) is 105. The first-order valence-electron chi connectivity index (χ1n) is 58.6. The van der Waals surface area contributed by atoms with E-state index in [4.69, 9.17) is 64.2 Å². The third kappa shape index (κ3) is 33.5. The third-order valence-electron chi connectivity index (χ3n) is 31.6. The van der Waals surface area contributed by atoms with Gasteiger partial charge in [-0.05, 0) is 331 Å². The zero-order chi connectivity index (χ0) is 104. The predicted octanol–water partition coefficient (Wildman–Crippen LogP) is 26.9. The van der Waals surface area contributed by atoms with E-state index in [1.54, 1.807) is 0 Å². The van der Waals surface area contributed by atoms with E-state index < -0.39 is 0 Å². The number of aromatic nitrogens is 9. The lowest BCUT2D eigenvalue weighted by Gasteiger charge is -2.57. The van der Waals surface area contributed by atoms with Crippen LogP contribution in [0.15, 0.2) is 0 Å². The van der Waals surface area contributed by atoms with Crippen molar-refractivity contribution in [2.45, 2.75) is 571 Å². The zero-order valence-corrected chi connectivity index (χ0v) is 98.0. The zero-order valence-electron chi connectivity index (χ0n) is 98.0. The van der Waals surface area contributed by atoms with Gasteiger partial charge in [-0.3, -0.25) is 24.3 Å². The van der Waals surface area contributed by atoms with Crippen molar-refractivity contribution in [3.05, 3.63) is 5.82 Å². The Morgan fingerprint density at radius 2 is 0.426 bits per heavy atom. The number of unbranched alkanes of at least 4 members (excludes halogenated alkanes) is 12. The summed E-state index contributed by atoms with van der Waals surface area (Å²) in [5, 5.41) is 9.47. The Hall–Kier alpha value is -4.93. The summed E-state index contributed by atoms with van der Waals surface area (Å²) in [7, 11) is 0. The van der Waals surface area contributed by atoms with Crippen molar-refractivity contribution >= 4 is 47.6 Å². The molecule has 8 rings (SSSR count). The molecule has 1 unspecified atom stereocenters. The monoisotopic (exact) mass is 1970 g/mol. The number of piperidine rings is 5. The largest absolute Gasteiger partial charge is 0.341 e. The van der Waals surface area contributed by atoms with Gasteiger partial charge in [0.1, 0.15) is 5.82 Å². The van der Waals surface area contributed by atoms with Crippen molar-refractivity contribution < 1.29 is 19.4 Å². The Labute approximate surface area is 865 Å². The molecule has 3 aromatic heterocycles. The first-order valence-corrected chi connectivity index (χ1v) is 58.6. The van der Waals surface area contributed by atoms with Crippen molar-refractivity contribution in [3.63, 3.8) is 0 Å². The Bertz CT molecular complexity index is 3610. The Morgan fingerprint density at radius 1 is 0.227 bits per heavy atom. The van der Waals surface area contributed by atoms with Gasteiger partial charge in [-0.15, -0.1) is 0 Å². The standard InChI is InChI=1S/C115H220N22O4/c1-35-49-63-96(91-81-106(15,16)133(76-58-44-10)107(17,18)82-91)97-116-102(129(92-83-108(19,20)134(138-77-45-11)109(21,22)84-92)72-59-61-74-131(94-87-112(27,28)136(140-79-47-13)113(29,30)88-94)104-120-98(125(64-50-36-2)65-51-37-3)118-99(121-104)126(66-52-38-4)67-53-39-5)124-103(117-97)130(93-85-110(23,24)135(139-78-46-12)111(25,26)86-93)73-60-62-75-132(95-89-114(31,32)137(141-80-48-14)115(33,34)90-95)105-122-100(127(68-54-40-6)69-55-41-7)119-101(123-105)128(70-56-42-8)71-57-43-9/h91-96H,35-90H2,1-34H3. The fraction of sp³-hybridized carbons (Fsp3) is 0.922. The van der Waals surface area contributed by atoms with Crippen LogP contribution in [0.25, 0.3) is 0 Å². The maximum absolute atomic E-state index is 7.02. The molecule has 5 fully saturated rings. The van der Waals surface area contributed by atoms with Crippen molar-refractivity contribution in [1.29, 1.82) is 0 Å². The van der Waals surface area contributed by atoms with Gasteiger partial charge in [0.25, 0.3) is 0 Å². The van der Waals surface area contributed by atoms with Crippen molar-refractivity contribution in [1.82, 2.24) is 70.0 Å². The van der Waals surface area contributed by atoms with Crippen LogP contribution in [0.2, 0.25) is 0 Å². The molecule has 8 heterocycles. The Morgan fingerprint density at radius 3 is 0.631 bits per heavy atom. The molecule has 3 aromatic rings. The molecule has 26 heteroatoms. The van der Waals surface area contributed by atoms with Crippen LogP contribution in [0.3, 0.4) is 0 Å². The lowest BCUT2D eigenvalue weighted by molar-refractivity contribution is -0.282. The van der Waals surface area contributed by atoms with E-state index in [-0.39, 0.29) is 85.5 Å². The molecule has 141 heavy (non-hydrogen) atoms. The highest BCUT2D eigenvalue weighted by molar-refractivity contribution is 5.50. The van der Waals surface area contributed by atoms with Crippen LogP contribution in [-0.4, -0.2) is 261 Å². The van der Waals surface area contributed by atoms with Crippen LogP contribution in [0.4, 0.5) is 47.6 Å². The van der Waals surface area contributed by atoms with E-state index in [0.29, 0.717) is 32.3 Å². The van der Waals surface area contributed by atoms with Crippen molar-refractivity contribution in [3.8, 4) is 0 Å². The summed E-state index contributed by atoms with van der Waals surface area (Å²) in [6.07, 6.45) is 39.2. The summed E-state index contributed by atoms with van der Waals surface area (Å²) in [5.41, 5.74) is -2.77. The SMILES string of the molecule is CCCCC(c1nc(N(CCCCN(c2nc(N(CCCC)CCCC)nc(N(CCCC)CCCC)n2)C2CC(C)(C)N(OCCC)C(C)(C)C2)C2CC(C)(C)N(OCCC)C(C)(C)C2)nc(N(CCCCN(c2nc(N(CCCC)CCCC)nc(N(CCCC)CCCC)n2)C2CC(C)(C)N(OCCC)C(C)(C)C2)C2CC(C)(C)N(OCCC)C(C)(C)C2)n1)C1CC(C)(C)N(CCCC)C(C)(C)C1. The number of hydroxylamine groups is 8. The van der Waals surface area contributed by atoms with Gasteiger partial charge in [-0.2, -0.15) is 65.1 Å². The van der Waals surface area contributed by atoms with Gasteiger partial charge >= 0.3 is 0 Å². The molecule has 0 N–H and O–H groups in total.